The maximum atomic E-state index is 12.6. The van der Waals surface area contributed by atoms with Crippen LogP contribution in [0, 0.1) is 5.92 Å². The van der Waals surface area contributed by atoms with Crippen LogP contribution >= 0.6 is 0 Å². The summed E-state index contributed by atoms with van der Waals surface area (Å²) in [5.74, 6) is 0.105. The smallest absolute Gasteiger partial charge is 0.186 e. The number of aromatic nitrogens is 3. The number of hydrogen-bond acceptors (Lipinski definition) is 4. The molecule has 1 aliphatic carbocycles. The molecule has 0 radical (unpaired) electrons. The molecule has 1 saturated carbocycles. The Hall–Kier alpha value is -2.01. The third kappa shape index (κ3) is 2.49. The van der Waals surface area contributed by atoms with Crippen molar-refractivity contribution in [3.05, 3.63) is 42.2 Å². The molecule has 2 unspecified atom stereocenters. The Labute approximate surface area is 117 Å². The molecule has 0 bridgehead atoms. The summed E-state index contributed by atoms with van der Waals surface area (Å²) in [6.07, 6.45) is 5.26. The van der Waals surface area contributed by atoms with E-state index in [1.165, 1.54) is 0 Å². The van der Waals surface area contributed by atoms with E-state index in [4.69, 9.17) is 5.73 Å². The van der Waals surface area contributed by atoms with Crippen molar-refractivity contribution in [3.63, 3.8) is 0 Å². The van der Waals surface area contributed by atoms with E-state index in [1.807, 2.05) is 30.3 Å². The lowest BCUT2D eigenvalue weighted by Gasteiger charge is -2.25. The standard InChI is InChI=1S/C15H18N4O/c16-12-6-4-5-11(9-12)15(20)14-10-17-18-19(14)13-7-2-1-3-8-13/h1-3,7-8,10-12H,4-6,9,16H2. The van der Waals surface area contributed by atoms with Gasteiger partial charge in [0.25, 0.3) is 0 Å². The van der Waals surface area contributed by atoms with Crippen molar-refractivity contribution in [3.8, 4) is 5.69 Å². The summed E-state index contributed by atoms with van der Waals surface area (Å²) in [6.45, 7) is 0. The van der Waals surface area contributed by atoms with Crippen molar-refractivity contribution in [1.82, 2.24) is 15.0 Å². The van der Waals surface area contributed by atoms with Gasteiger partial charge < -0.3 is 5.73 Å². The van der Waals surface area contributed by atoms with Gasteiger partial charge in [0, 0.05) is 12.0 Å². The largest absolute Gasteiger partial charge is 0.328 e. The summed E-state index contributed by atoms with van der Waals surface area (Å²) >= 11 is 0. The zero-order valence-corrected chi connectivity index (χ0v) is 11.3. The molecule has 5 nitrogen and oxygen atoms in total. The summed E-state index contributed by atoms with van der Waals surface area (Å²) in [4.78, 5) is 12.6. The number of ketones is 1. The number of para-hydroxylation sites is 1. The molecule has 1 aliphatic rings. The predicted octanol–water partition coefficient (Wildman–Crippen LogP) is 1.97. The van der Waals surface area contributed by atoms with Gasteiger partial charge in [-0.05, 0) is 31.4 Å². The molecule has 3 rings (SSSR count). The number of rotatable bonds is 3. The molecular formula is C15H18N4O. The third-order valence-corrected chi connectivity index (χ3v) is 3.89. The fourth-order valence-electron chi connectivity index (χ4n) is 2.84. The van der Waals surface area contributed by atoms with Gasteiger partial charge in [-0.3, -0.25) is 4.79 Å². The number of hydrogen-bond donors (Lipinski definition) is 1. The topological polar surface area (TPSA) is 73.8 Å². The van der Waals surface area contributed by atoms with Crippen LogP contribution in [0.4, 0.5) is 0 Å². The second kappa shape index (κ2) is 5.54. The van der Waals surface area contributed by atoms with Gasteiger partial charge in [-0.15, -0.1) is 5.10 Å². The number of nitrogens with zero attached hydrogens (tertiary/aromatic N) is 3. The number of carbonyl (C=O) groups is 1. The van der Waals surface area contributed by atoms with E-state index in [1.54, 1.807) is 10.9 Å². The highest BCUT2D eigenvalue weighted by Crippen LogP contribution is 2.26. The summed E-state index contributed by atoms with van der Waals surface area (Å²) in [7, 11) is 0. The Kier molecular flexibility index (Phi) is 3.60. The molecule has 1 aromatic heterocycles. The van der Waals surface area contributed by atoms with E-state index in [0.717, 1.165) is 31.4 Å². The first-order valence-corrected chi connectivity index (χ1v) is 7.01. The van der Waals surface area contributed by atoms with Gasteiger partial charge in [-0.2, -0.15) is 0 Å². The van der Waals surface area contributed by atoms with E-state index in [9.17, 15) is 4.79 Å². The molecule has 0 aliphatic heterocycles. The molecule has 2 atom stereocenters. The van der Waals surface area contributed by atoms with Crippen molar-refractivity contribution in [1.29, 1.82) is 0 Å². The molecule has 20 heavy (non-hydrogen) atoms. The average molecular weight is 270 g/mol. The summed E-state index contributed by atoms with van der Waals surface area (Å²) in [5.41, 5.74) is 7.38. The Morgan fingerprint density at radius 1 is 1.25 bits per heavy atom. The van der Waals surface area contributed by atoms with E-state index in [-0.39, 0.29) is 17.7 Å². The lowest BCUT2D eigenvalue weighted by Crippen LogP contribution is -2.32. The van der Waals surface area contributed by atoms with Crippen LogP contribution in [0.3, 0.4) is 0 Å². The second-order valence-corrected chi connectivity index (χ2v) is 5.35. The van der Waals surface area contributed by atoms with Gasteiger partial charge in [0.05, 0.1) is 11.9 Å². The maximum Gasteiger partial charge on any atom is 0.186 e. The first kappa shape index (κ1) is 13.0. The van der Waals surface area contributed by atoms with Crippen LogP contribution in [0.2, 0.25) is 0 Å². The van der Waals surface area contributed by atoms with Crippen LogP contribution in [0.15, 0.2) is 36.5 Å². The van der Waals surface area contributed by atoms with Crippen LogP contribution in [0.1, 0.15) is 36.2 Å². The van der Waals surface area contributed by atoms with Gasteiger partial charge in [0.1, 0.15) is 5.69 Å². The Morgan fingerprint density at radius 3 is 2.80 bits per heavy atom. The average Bonchev–Trinajstić information content (AvgIpc) is 2.97. The van der Waals surface area contributed by atoms with Crippen molar-refractivity contribution in [2.24, 2.45) is 11.7 Å². The molecule has 2 N–H and O–H groups in total. The van der Waals surface area contributed by atoms with Crippen LogP contribution in [0.5, 0.6) is 0 Å². The van der Waals surface area contributed by atoms with Gasteiger partial charge in [-0.25, -0.2) is 4.68 Å². The van der Waals surface area contributed by atoms with E-state index in [2.05, 4.69) is 10.3 Å². The van der Waals surface area contributed by atoms with Crippen molar-refractivity contribution < 1.29 is 4.79 Å². The summed E-state index contributed by atoms with van der Waals surface area (Å²) in [5, 5.41) is 7.93. The lowest BCUT2D eigenvalue weighted by molar-refractivity contribution is 0.0873. The van der Waals surface area contributed by atoms with Gasteiger partial charge in [-0.1, -0.05) is 29.8 Å². The molecular weight excluding hydrogens is 252 g/mol. The van der Waals surface area contributed by atoms with Crippen molar-refractivity contribution in [2.45, 2.75) is 31.7 Å². The maximum absolute atomic E-state index is 12.6. The molecule has 1 heterocycles. The Bertz CT molecular complexity index is 593. The van der Waals surface area contributed by atoms with Gasteiger partial charge in [0.15, 0.2) is 5.78 Å². The quantitative estimate of drug-likeness (QED) is 0.865. The van der Waals surface area contributed by atoms with Crippen LogP contribution in [-0.2, 0) is 0 Å². The minimum absolute atomic E-state index is 0.000266. The number of nitrogens with two attached hydrogens (primary N) is 1. The zero-order valence-electron chi connectivity index (χ0n) is 11.3. The molecule has 104 valence electrons. The molecule has 2 aromatic rings. The minimum atomic E-state index is -0.000266. The fraction of sp³-hybridized carbons (Fsp3) is 0.400. The SMILES string of the molecule is NC1CCCC(C(=O)c2cnnn2-c2ccccc2)C1. The Balaban J connectivity index is 1.88. The second-order valence-electron chi connectivity index (χ2n) is 5.35. The normalized spacial score (nSPS) is 22.6. The molecule has 0 amide bonds. The molecule has 1 fully saturated rings. The number of carbonyl (C=O) groups excluding carboxylic acids is 1. The molecule has 5 heteroatoms. The molecule has 0 saturated heterocycles. The zero-order chi connectivity index (χ0) is 13.9. The molecule has 1 aromatic carbocycles. The first-order chi connectivity index (χ1) is 9.75. The van der Waals surface area contributed by atoms with Crippen molar-refractivity contribution >= 4 is 5.78 Å². The summed E-state index contributed by atoms with van der Waals surface area (Å²) in [6, 6.07) is 9.74. The highest BCUT2D eigenvalue weighted by Gasteiger charge is 2.28. The third-order valence-electron chi connectivity index (χ3n) is 3.89. The van der Waals surface area contributed by atoms with Crippen LogP contribution in [0.25, 0.3) is 5.69 Å². The van der Waals surface area contributed by atoms with Crippen molar-refractivity contribution in [2.75, 3.05) is 0 Å². The van der Waals surface area contributed by atoms with E-state index in [0.29, 0.717) is 5.69 Å². The first-order valence-electron chi connectivity index (χ1n) is 7.01. The number of Topliss-reactive ketones (excluding diaryl/α,β-unsaturated/α-hetero) is 1. The fourth-order valence-corrected chi connectivity index (χ4v) is 2.84. The monoisotopic (exact) mass is 270 g/mol. The lowest BCUT2D eigenvalue weighted by atomic mass is 9.83. The van der Waals surface area contributed by atoms with Gasteiger partial charge in [0.2, 0.25) is 0 Å². The van der Waals surface area contributed by atoms with Crippen LogP contribution in [-0.4, -0.2) is 26.8 Å². The predicted molar refractivity (Wildman–Crippen MR) is 75.6 cm³/mol. The van der Waals surface area contributed by atoms with E-state index < -0.39 is 0 Å². The molecule has 0 spiro atoms. The van der Waals surface area contributed by atoms with Crippen LogP contribution < -0.4 is 5.73 Å². The minimum Gasteiger partial charge on any atom is -0.328 e. The highest BCUT2D eigenvalue weighted by molar-refractivity contribution is 5.96. The highest BCUT2D eigenvalue weighted by atomic mass is 16.1. The van der Waals surface area contributed by atoms with Gasteiger partial charge >= 0.3 is 0 Å². The number of benzene rings is 1. The summed E-state index contributed by atoms with van der Waals surface area (Å²) < 4.78 is 1.61. The van der Waals surface area contributed by atoms with E-state index >= 15 is 0 Å². The Morgan fingerprint density at radius 2 is 2.05 bits per heavy atom.